The molecule has 100 valence electrons. The molecule has 0 spiro atoms. The second kappa shape index (κ2) is 5.17. The van der Waals surface area contributed by atoms with Gasteiger partial charge in [-0.3, -0.25) is 9.78 Å². The van der Waals surface area contributed by atoms with E-state index in [9.17, 15) is 4.79 Å². The van der Waals surface area contributed by atoms with Gasteiger partial charge in [-0.25, -0.2) is 0 Å². The Morgan fingerprint density at radius 1 is 1.55 bits per heavy atom. The SMILES string of the molecule is N#CCC(=O)N1CC=C(c2c[nH]c3cccnc23)CC1. The maximum Gasteiger partial charge on any atom is 0.237 e. The molecule has 20 heavy (non-hydrogen) atoms. The summed E-state index contributed by atoms with van der Waals surface area (Å²) in [5.74, 6) is -0.0974. The van der Waals surface area contributed by atoms with Gasteiger partial charge in [-0.15, -0.1) is 0 Å². The average Bonchev–Trinajstić information content (AvgIpc) is 2.92. The molecule has 0 atom stereocenters. The van der Waals surface area contributed by atoms with Crippen LogP contribution in [-0.2, 0) is 4.79 Å². The molecule has 2 aromatic rings. The highest BCUT2D eigenvalue weighted by atomic mass is 16.2. The zero-order valence-electron chi connectivity index (χ0n) is 11.0. The van der Waals surface area contributed by atoms with Gasteiger partial charge in [-0.2, -0.15) is 5.26 Å². The van der Waals surface area contributed by atoms with Crippen LogP contribution in [0.5, 0.6) is 0 Å². The second-order valence-corrected chi connectivity index (χ2v) is 4.76. The van der Waals surface area contributed by atoms with Crippen molar-refractivity contribution in [3.8, 4) is 6.07 Å². The summed E-state index contributed by atoms with van der Waals surface area (Å²) in [4.78, 5) is 21.0. The van der Waals surface area contributed by atoms with E-state index in [1.165, 1.54) is 5.57 Å². The van der Waals surface area contributed by atoms with Crippen LogP contribution in [0.4, 0.5) is 0 Å². The lowest BCUT2D eigenvalue weighted by Crippen LogP contribution is -2.34. The van der Waals surface area contributed by atoms with Crippen molar-refractivity contribution in [3.05, 3.63) is 36.2 Å². The highest BCUT2D eigenvalue weighted by Crippen LogP contribution is 2.27. The maximum absolute atomic E-state index is 11.7. The molecule has 1 amide bonds. The number of amides is 1. The third kappa shape index (κ3) is 2.16. The minimum atomic E-state index is -0.0974. The zero-order chi connectivity index (χ0) is 13.9. The monoisotopic (exact) mass is 266 g/mol. The zero-order valence-corrected chi connectivity index (χ0v) is 11.0. The van der Waals surface area contributed by atoms with Crippen molar-refractivity contribution in [2.75, 3.05) is 13.1 Å². The number of rotatable bonds is 2. The van der Waals surface area contributed by atoms with Crippen LogP contribution in [0.25, 0.3) is 16.6 Å². The molecule has 0 radical (unpaired) electrons. The average molecular weight is 266 g/mol. The van der Waals surface area contributed by atoms with Crippen LogP contribution in [0.1, 0.15) is 18.4 Å². The number of carbonyl (C=O) groups excluding carboxylic acids is 1. The van der Waals surface area contributed by atoms with Crippen LogP contribution in [0.2, 0.25) is 0 Å². The molecule has 5 nitrogen and oxygen atoms in total. The van der Waals surface area contributed by atoms with Gasteiger partial charge in [0.1, 0.15) is 6.42 Å². The molecule has 3 heterocycles. The third-order valence-corrected chi connectivity index (χ3v) is 3.57. The Kier molecular flexibility index (Phi) is 3.21. The number of H-pyrrole nitrogens is 1. The van der Waals surface area contributed by atoms with Crippen LogP contribution in [-0.4, -0.2) is 33.9 Å². The molecule has 1 aliphatic rings. The molecule has 1 N–H and O–H groups in total. The Morgan fingerprint density at radius 2 is 2.45 bits per heavy atom. The predicted octanol–water partition coefficient (Wildman–Crippen LogP) is 2.09. The van der Waals surface area contributed by atoms with Gasteiger partial charge in [0, 0.05) is 31.0 Å². The predicted molar refractivity (Wildman–Crippen MR) is 75.5 cm³/mol. The van der Waals surface area contributed by atoms with E-state index in [4.69, 9.17) is 5.26 Å². The molecule has 0 bridgehead atoms. The number of aromatic nitrogens is 2. The quantitative estimate of drug-likeness (QED) is 0.904. The largest absolute Gasteiger partial charge is 0.359 e. The first-order valence-electron chi connectivity index (χ1n) is 6.56. The highest BCUT2D eigenvalue weighted by Gasteiger charge is 2.19. The summed E-state index contributed by atoms with van der Waals surface area (Å²) in [6, 6.07) is 5.80. The van der Waals surface area contributed by atoms with Gasteiger partial charge in [-0.1, -0.05) is 6.08 Å². The lowest BCUT2D eigenvalue weighted by molar-refractivity contribution is -0.129. The molecular formula is C15H14N4O. The summed E-state index contributed by atoms with van der Waals surface area (Å²) < 4.78 is 0. The standard InChI is InChI=1S/C15H14N4O/c16-6-3-14(20)19-8-4-11(5-9-19)12-10-18-13-2-1-7-17-15(12)13/h1-2,4,7,10,18H,3,5,8-9H2. The van der Waals surface area contributed by atoms with Crippen molar-refractivity contribution >= 4 is 22.5 Å². The topological polar surface area (TPSA) is 72.8 Å². The first-order valence-corrected chi connectivity index (χ1v) is 6.56. The number of hydrogen-bond donors (Lipinski definition) is 1. The maximum atomic E-state index is 11.7. The van der Waals surface area contributed by atoms with E-state index in [2.05, 4.69) is 16.0 Å². The molecule has 0 aliphatic carbocycles. The van der Waals surface area contributed by atoms with E-state index < -0.39 is 0 Å². The Balaban J connectivity index is 1.83. The van der Waals surface area contributed by atoms with Gasteiger partial charge in [-0.05, 0) is 24.1 Å². The van der Waals surface area contributed by atoms with Crippen molar-refractivity contribution in [1.82, 2.24) is 14.9 Å². The van der Waals surface area contributed by atoms with Crippen LogP contribution in [0.15, 0.2) is 30.6 Å². The number of nitrogens with zero attached hydrogens (tertiary/aromatic N) is 3. The van der Waals surface area contributed by atoms with Crippen molar-refractivity contribution in [1.29, 1.82) is 5.26 Å². The van der Waals surface area contributed by atoms with Crippen LogP contribution >= 0.6 is 0 Å². The molecule has 0 unspecified atom stereocenters. The molecule has 1 aliphatic heterocycles. The van der Waals surface area contributed by atoms with E-state index >= 15 is 0 Å². The van der Waals surface area contributed by atoms with E-state index in [-0.39, 0.29) is 12.3 Å². The highest BCUT2D eigenvalue weighted by molar-refractivity contribution is 5.90. The number of carbonyl (C=O) groups is 1. The van der Waals surface area contributed by atoms with E-state index in [1.54, 1.807) is 11.1 Å². The van der Waals surface area contributed by atoms with Gasteiger partial charge in [0.15, 0.2) is 0 Å². The smallest absolute Gasteiger partial charge is 0.237 e. The fourth-order valence-electron chi connectivity index (χ4n) is 2.52. The minimum Gasteiger partial charge on any atom is -0.359 e. The lowest BCUT2D eigenvalue weighted by atomic mass is 10.0. The molecule has 5 heteroatoms. The molecular weight excluding hydrogens is 252 g/mol. The van der Waals surface area contributed by atoms with Gasteiger partial charge >= 0.3 is 0 Å². The Hall–Kier alpha value is -2.61. The summed E-state index contributed by atoms with van der Waals surface area (Å²) in [5.41, 5.74) is 4.30. The first kappa shape index (κ1) is 12.4. The van der Waals surface area contributed by atoms with Gasteiger partial charge in [0.2, 0.25) is 5.91 Å². The normalized spacial score (nSPS) is 14.9. The summed E-state index contributed by atoms with van der Waals surface area (Å²) >= 11 is 0. The molecule has 0 saturated heterocycles. The van der Waals surface area contributed by atoms with Crippen LogP contribution < -0.4 is 0 Å². The van der Waals surface area contributed by atoms with Gasteiger partial charge in [0.05, 0.1) is 17.1 Å². The van der Waals surface area contributed by atoms with Gasteiger partial charge in [0.25, 0.3) is 0 Å². The number of nitriles is 1. The van der Waals surface area contributed by atoms with Crippen molar-refractivity contribution < 1.29 is 4.79 Å². The molecule has 0 saturated carbocycles. The van der Waals surface area contributed by atoms with Crippen molar-refractivity contribution in [2.45, 2.75) is 12.8 Å². The number of fused-ring (bicyclic) bond motifs is 1. The Labute approximate surface area is 116 Å². The summed E-state index contributed by atoms with van der Waals surface area (Å²) in [6.45, 7) is 1.22. The van der Waals surface area contributed by atoms with Gasteiger partial charge < -0.3 is 9.88 Å². The van der Waals surface area contributed by atoms with E-state index in [0.29, 0.717) is 13.1 Å². The van der Waals surface area contributed by atoms with E-state index in [1.807, 2.05) is 24.4 Å². The third-order valence-electron chi connectivity index (χ3n) is 3.57. The minimum absolute atomic E-state index is 0.0438. The van der Waals surface area contributed by atoms with Crippen molar-refractivity contribution in [3.63, 3.8) is 0 Å². The number of nitrogens with one attached hydrogen (secondary N) is 1. The summed E-state index contributed by atoms with van der Waals surface area (Å²) in [5, 5.41) is 8.56. The number of aromatic amines is 1. The number of hydrogen-bond acceptors (Lipinski definition) is 3. The second-order valence-electron chi connectivity index (χ2n) is 4.76. The first-order chi connectivity index (χ1) is 9.79. The van der Waals surface area contributed by atoms with E-state index in [0.717, 1.165) is 23.0 Å². The molecule has 3 rings (SSSR count). The van der Waals surface area contributed by atoms with Crippen molar-refractivity contribution in [2.24, 2.45) is 0 Å². The molecule has 2 aromatic heterocycles. The Morgan fingerprint density at radius 3 is 3.20 bits per heavy atom. The fourth-order valence-corrected chi connectivity index (χ4v) is 2.52. The molecule has 0 fully saturated rings. The number of pyridine rings is 1. The summed E-state index contributed by atoms with van der Waals surface area (Å²) in [6.07, 6.45) is 6.55. The lowest BCUT2D eigenvalue weighted by Gasteiger charge is -2.25. The van der Waals surface area contributed by atoms with Crippen LogP contribution in [0.3, 0.4) is 0 Å². The Bertz CT molecular complexity index is 723. The summed E-state index contributed by atoms with van der Waals surface area (Å²) in [7, 11) is 0. The van der Waals surface area contributed by atoms with Crippen LogP contribution in [0, 0.1) is 11.3 Å². The fraction of sp³-hybridized carbons (Fsp3) is 0.267. The molecule has 0 aromatic carbocycles.